The molecule has 0 saturated carbocycles. The molecule has 8 heteroatoms. The Labute approximate surface area is 180 Å². The Bertz CT molecular complexity index is 1100. The van der Waals surface area contributed by atoms with Crippen molar-refractivity contribution in [2.24, 2.45) is 5.73 Å². The van der Waals surface area contributed by atoms with Gasteiger partial charge in [-0.1, -0.05) is 18.2 Å². The number of hydrogen-bond acceptors (Lipinski definition) is 5. The first-order valence-corrected chi connectivity index (χ1v) is 9.95. The number of primary amides is 1. The van der Waals surface area contributed by atoms with Gasteiger partial charge in [0.25, 0.3) is 5.91 Å². The predicted molar refractivity (Wildman–Crippen MR) is 119 cm³/mol. The molecule has 0 aliphatic heterocycles. The van der Waals surface area contributed by atoms with Crippen molar-refractivity contribution in [3.63, 3.8) is 0 Å². The molecule has 3 aromatic rings. The number of hydrogen-bond donors (Lipinski definition) is 2. The molecule has 0 fully saturated rings. The van der Waals surface area contributed by atoms with E-state index in [4.69, 9.17) is 15.2 Å². The molecule has 3 N–H and O–H groups in total. The number of aryl methyl sites for hydroxylation is 2. The maximum Gasteiger partial charge on any atom is 0.255 e. The average molecular weight is 422 g/mol. The normalized spacial score (nSPS) is 11.0. The van der Waals surface area contributed by atoms with E-state index in [1.54, 1.807) is 24.3 Å². The maximum absolute atomic E-state index is 12.1. The molecular weight excluding hydrogens is 396 g/mol. The molecule has 0 aliphatic rings. The van der Waals surface area contributed by atoms with Crippen molar-refractivity contribution in [1.29, 1.82) is 0 Å². The van der Waals surface area contributed by atoms with E-state index in [1.165, 1.54) is 13.2 Å². The van der Waals surface area contributed by atoms with Gasteiger partial charge >= 0.3 is 0 Å². The van der Waals surface area contributed by atoms with Crippen LogP contribution in [0.2, 0.25) is 0 Å². The van der Waals surface area contributed by atoms with E-state index in [9.17, 15) is 9.59 Å². The number of ether oxygens (including phenoxy) is 2. The Morgan fingerprint density at radius 2 is 2.00 bits per heavy atom. The number of fused-ring (bicyclic) bond motifs is 1. The number of aromatic nitrogens is 2. The summed E-state index contributed by atoms with van der Waals surface area (Å²) in [5.41, 5.74) is 7.93. The fraction of sp³-hybridized carbons (Fsp3) is 0.261. The first-order valence-electron chi connectivity index (χ1n) is 9.95. The number of benzene rings is 2. The van der Waals surface area contributed by atoms with Gasteiger partial charge in [0.05, 0.1) is 18.1 Å². The lowest BCUT2D eigenvalue weighted by molar-refractivity contribution is -0.120. The van der Waals surface area contributed by atoms with Gasteiger partial charge in [-0.3, -0.25) is 9.59 Å². The molecule has 0 saturated heterocycles. The summed E-state index contributed by atoms with van der Waals surface area (Å²) < 4.78 is 12.7. The van der Waals surface area contributed by atoms with E-state index in [1.807, 2.05) is 25.1 Å². The van der Waals surface area contributed by atoms with Crippen molar-refractivity contribution in [2.75, 3.05) is 20.3 Å². The van der Waals surface area contributed by atoms with E-state index in [0.717, 1.165) is 35.4 Å². The molecule has 31 heavy (non-hydrogen) atoms. The van der Waals surface area contributed by atoms with Gasteiger partial charge in [0.2, 0.25) is 5.91 Å². The summed E-state index contributed by atoms with van der Waals surface area (Å²) in [6.07, 6.45) is 3.94. The number of rotatable bonds is 10. The average Bonchev–Trinajstić information content (AvgIpc) is 3.08. The Hall–Kier alpha value is -3.81. The Kier molecular flexibility index (Phi) is 7.26. The van der Waals surface area contributed by atoms with Crippen LogP contribution < -0.4 is 20.5 Å². The van der Waals surface area contributed by atoms with E-state index >= 15 is 0 Å². The lowest BCUT2D eigenvalue weighted by Gasteiger charge is -2.10. The molecule has 0 atom stereocenters. The maximum atomic E-state index is 12.1. The van der Waals surface area contributed by atoms with E-state index < -0.39 is 5.91 Å². The SMILES string of the molecule is COc1cc(C=CC(=O)NCCCn2c(C)nc3ccccc32)ccc1OCC(N)=O. The summed E-state index contributed by atoms with van der Waals surface area (Å²) in [6, 6.07) is 13.2. The number of para-hydroxylation sites is 2. The van der Waals surface area contributed by atoms with Gasteiger partial charge in [0, 0.05) is 19.2 Å². The molecule has 0 aliphatic carbocycles. The summed E-state index contributed by atoms with van der Waals surface area (Å²) in [5, 5.41) is 2.89. The highest BCUT2D eigenvalue weighted by atomic mass is 16.5. The van der Waals surface area contributed by atoms with Gasteiger partial charge in [0.1, 0.15) is 5.82 Å². The monoisotopic (exact) mass is 422 g/mol. The molecule has 8 nitrogen and oxygen atoms in total. The van der Waals surface area contributed by atoms with Crippen LogP contribution >= 0.6 is 0 Å². The molecule has 0 radical (unpaired) electrons. The third-order valence-electron chi connectivity index (χ3n) is 4.69. The minimum absolute atomic E-state index is 0.180. The zero-order valence-corrected chi connectivity index (χ0v) is 17.6. The molecular formula is C23H26N4O4. The van der Waals surface area contributed by atoms with Crippen molar-refractivity contribution in [2.45, 2.75) is 19.9 Å². The first kappa shape index (κ1) is 21.9. The van der Waals surface area contributed by atoms with E-state index in [2.05, 4.69) is 20.9 Å². The van der Waals surface area contributed by atoms with Gasteiger partial charge in [-0.2, -0.15) is 0 Å². The largest absolute Gasteiger partial charge is 0.493 e. The van der Waals surface area contributed by atoms with Crippen LogP contribution in [0, 0.1) is 6.92 Å². The second-order valence-corrected chi connectivity index (χ2v) is 6.94. The van der Waals surface area contributed by atoms with Crippen LogP contribution in [-0.4, -0.2) is 41.6 Å². The van der Waals surface area contributed by atoms with Crippen molar-refractivity contribution in [3.05, 3.63) is 59.9 Å². The van der Waals surface area contributed by atoms with Gasteiger partial charge in [0.15, 0.2) is 18.1 Å². The lowest BCUT2D eigenvalue weighted by Crippen LogP contribution is -2.23. The summed E-state index contributed by atoms with van der Waals surface area (Å²) in [4.78, 5) is 27.5. The Balaban J connectivity index is 1.50. The molecule has 0 bridgehead atoms. The van der Waals surface area contributed by atoms with Crippen molar-refractivity contribution < 1.29 is 19.1 Å². The highest BCUT2D eigenvalue weighted by Crippen LogP contribution is 2.28. The quantitative estimate of drug-likeness (QED) is 0.385. The Morgan fingerprint density at radius 3 is 2.77 bits per heavy atom. The zero-order chi connectivity index (χ0) is 22.2. The number of carbonyl (C=O) groups excluding carboxylic acids is 2. The number of imidazole rings is 1. The third kappa shape index (κ3) is 5.85. The number of nitrogens with zero attached hydrogens (tertiary/aromatic N) is 2. The highest BCUT2D eigenvalue weighted by Gasteiger charge is 2.08. The van der Waals surface area contributed by atoms with Crippen LogP contribution in [0.15, 0.2) is 48.5 Å². The van der Waals surface area contributed by atoms with Crippen molar-refractivity contribution >= 4 is 28.9 Å². The number of amides is 2. The first-order chi connectivity index (χ1) is 15.0. The van der Waals surface area contributed by atoms with Crippen LogP contribution in [0.4, 0.5) is 0 Å². The summed E-state index contributed by atoms with van der Waals surface area (Å²) in [5.74, 6) is 1.07. The molecule has 1 heterocycles. The molecule has 1 aromatic heterocycles. The van der Waals surface area contributed by atoms with Crippen LogP contribution in [0.3, 0.4) is 0 Å². The third-order valence-corrected chi connectivity index (χ3v) is 4.69. The molecule has 2 amide bonds. The van der Waals surface area contributed by atoms with E-state index in [0.29, 0.717) is 18.0 Å². The van der Waals surface area contributed by atoms with Crippen molar-refractivity contribution in [3.8, 4) is 11.5 Å². The van der Waals surface area contributed by atoms with Crippen LogP contribution in [0.25, 0.3) is 17.1 Å². The topological polar surface area (TPSA) is 108 Å². The summed E-state index contributed by atoms with van der Waals surface area (Å²) in [7, 11) is 1.50. The van der Waals surface area contributed by atoms with Gasteiger partial charge in [-0.25, -0.2) is 4.98 Å². The smallest absolute Gasteiger partial charge is 0.255 e. The van der Waals surface area contributed by atoms with Gasteiger partial charge in [-0.15, -0.1) is 0 Å². The Morgan fingerprint density at radius 1 is 1.19 bits per heavy atom. The van der Waals surface area contributed by atoms with Crippen LogP contribution in [0.5, 0.6) is 11.5 Å². The minimum atomic E-state index is -0.570. The molecule has 2 aromatic carbocycles. The summed E-state index contributed by atoms with van der Waals surface area (Å²) in [6.45, 7) is 3.08. The standard InChI is InChI=1S/C23H26N4O4/c1-16-26-18-6-3-4-7-19(18)27(16)13-5-12-25-23(29)11-9-17-8-10-20(21(14-17)30-2)31-15-22(24)28/h3-4,6-11,14H,5,12-13,15H2,1-2H3,(H2,24,28)(H,25,29). The second-order valence-electron chi connectivity index (χ2n) is 6.94. The van der Waals surface area contributed by atoms with Gasteiger partial charge in [-0.05, 0) is 49.2 Å². The molecule has 0 spiro atoms. The van der Waals surface area contributed by atoms with Crippen LogP contribution in [-0.2, 0) is 16.1 Å². The second kappa shape index (κ2) is 10.3. The molecule has 0 unspecified atom stereocenters. The lowest BCUT2D eigenvalue weighted by atomic mass is 10.2. The predicted octanol–water partition coefficient (Wildman–Crippen LogP) is 2.44. The molecule has 3 rings (SSSR count). The van der Waals surface area contributed by atoms with Gasteiger partial charge < -0.3 is 25.1 Å². The molecule has 162 valence electrons. The number of carbonyl (C=O) groups is 2. The number of nitrogens with two attached hydrogens (primary N) is 1. The van der Waals surface area contributed by atoms with Crippen LogP contribution in [0.1, 0.15) is 17.8 Å². The van der Waals surface area contributed by atoms with Crippen molar-refractivity contribution in [1.82, 2.24) is 14.9 Å². The number of methoxy groups -OCH3 is 1. The fourth-order valence-electron chi connectivity index (χ4n) is 3.21. The fourth-order valence-corrected chi connectivity index (χ4v) is 3.21. The minimum Gasteiger partial charge on any atom is -0.493 e. The van der Waals surface area contributed by atoms with E-state index in [-0.39, 0.29) is 12.5 Å². The summed E-state index contributed by atoms with van der Waals surface area (Å²) >= 11 is 0. The number of nitrogens with one attached hydrogen (secondary N) is 1. The zero-order valence-electron chi connectivity index (χ0n) is 17.6. The highest BCUT2D eigenvalue weighted by molar-refractivity contribution is 5.91.